The van der Waals surface area contributed by atoms with E-state index in [2.05, 4.69) is 10.1 Å². The lowest BCUT2D eigenvalue weighted by Crippen LogP contribution is -2.32. The van der Waals surface area contributed by atoms with Gasteiger partial charge in [0, 0.05) is 17.8 Å². The van der Waals surface area contributed by atoms with Gasteiger partial charge < -0.3 is 10.1 Å². The van der Waals surface area contributed by atoms with Gasteiger partial charge in [-0.2, -0.15) is 0 Å². The van der Waals surface area contributed by atoms with Crippen LogP contribution in [-0.4, -0.2) is 39.7 Å². The first-order valence-corrected chi connectivity index (χ1v) is 10.0. The molecule has 0 spiro atoms. The van der Waals surface area contributed by atoms with Crippen molar-refractivity contribution in [2.45, 2.75) is 13.8 Å². The minimum Gasteiger partial charge on any atom is -0.465 e. The van der Waals surface area contributed by atoms with E-state index < -0.39 is 16.0 Å². The van der Waals surface area contributed by atoms with Gasteiger partial charge in [0.1, 0.15) is 0 Å². The van der Waals surface area contributed by atoms with Crippen molar-refractivity contribution in [1.82, 2.24) is 0 Å². The maximum absolute atomic E-state index is 12.4. The number of sulfonamides is 1. The summed E-state index contributed by atoms with van der Waals surface area (Å²) in [7, 11) is -2.09. The Balaban J connectivity index is 2.18. The molecule has 2 aromatic rings. The molecule has 0 unspecified atom stereocenters. The molecule has 0 atom stereocenters. The third-order valence-electron chi connectivity index (χ3n) is 3.95. The van der Waals surface area contributed by atoms with Crippen molar-refractivity contribution in [1.29, 1.82) is 0 Å². The predicted octanol–water partition coefficient (Wildman–Crippen LogP) is 2.90. The van der Waals surface area contributed by atoms with Crippen molar-refractivity contribution in [2.24, 2.45) is 0 Å². The summed E-state index contributed by atoms with van der Waals surface area (Å²) in [6.45, 7) is 3.65. The van der Waals surface area contributed by atoms with Gasteiger partial charge in [-0.1, -0.05) is 6.07 Å². The molecule has 0 aliphatic carbocycles. The van der Waals surface area contributed by atoms with Crippen LogP contribution in [0.2, 0.25) is 0 Å². The molecule has 2 rings (SSSR count). The molecule has 0 radical (unpaired) electrons. The van der Waals surface area contributed by atoms with Crippen LogP contribution in [0.4, 0.5) is 11.4 Å². The number of methoxy groups -OCH3 is 1. The molecular weight excluding hydrogens is 368 g/mol. The Morgan fingerprint density at radius 2 is 1.70 bits per heavy atom. The fourth-order valence-corrected chi connectivity index (χ4v) is 3.67. The zero-order valence-electron chi connectivity index (χ0n) is 15.4. The maximum Gasteiger partial charge on any atom is 0.337 e. The van der Waals surface area contributed by atoms with Crippen LogP contribution < -0.4 is 9.62 Å². The van der Waals surface area contributed by atoms with Crippen LogP contribution in [0.5, 0.6) is 0 Å². The van der Waals surface area contributed by atoms with E-state index in [1.807, 2.05) is 0 Å². The van der Waals surface area contributed by atoms with Crippen molar-refractivity contribution in [3.63, 3.8) is 0 Å². The Labute approximate surface area is 159 Å². The Morgan fingerprint density at radius 1 is 1.04 bits per heavy atom. The van der Waals surface area contributed by atoms with Crippen LogP contribution in [-0.2, 0) is 14.8 Å². The molecule has 0 saturated heterocycles. The van der Waals surface area contributed by atoms with Crippen LogP contribution in [0.15, 0.2) is 48.5 Å². The van der Waals surface area contributed by atoms with Crippen LogP contribution >= 0.6 is 0 Å². The highest BCUT2D eigenvalue weighted by atomic mass is 32.2. The van der Waals surface area contributed by atoms with Gasteiger partial charge in [0.05, 0.1) is 24.1 Å². The zero-order valence-corrected chi connectivity index (χ0v) is 16.2. The first-order valence-electron chi connectivity index (χ1n) is 8.42. The van der Waals surface area contributed by atoms with E-state index in [-0.39, 0.29) is 11.7 Å². The van der Waals surface area contributed by atoms with Crippen molar-refractivity contribution in [3.05, 3.63) is 59.7 Å². The highest BCUT2D eigenvalue weighted by Crippen LogP contribution is 2.20. The lowest BCUT2D eigenvalue weighted by Gasteiger charge is -2.22. The lowest BCUT2D eigenvalue weighted by molar-refractivity contribution is 0.0600. The summed E-state index contributed by atoms with van der Waals surface area (Å²) in [5, 5.41) is 2.70. The molecule has 0 heterocycles. The number of esters is 1. The third-order valence-corrected chi connectivity index (χ3v) is 5.82. The SMILES string of the molecule is CCN(c1ccc(C(=O)Nc2cccc(C(=O)OC)c2)cc1)S(=O)(=O)CC. The van der Waals surface area contributed by atoms with E-state index in [0.717, 1.165) is 0 Å². The normalized spacial score (nSPS) is 10.9. The van der Waals surface area contributed by atoms with Gasteiger partial charge in [0.25, 0.3) is 5.91 Å². The van der Waals surface area contributed by atoms with Crippen LogP contribution in [0, 0.1) is 0 Å². The average Bonchev–Trinajstić information content (AvgIpc) is 2.68. The Bertz CT molecular complexity index is 923. The number of nitrogens with one attached hydrogen (secondary N) is 1. The molecule has 144 valence electrons. The van der Waals surface area contributed by atoms with Gasteiger partial charge in [-0.15, -0.1) is 0 Å². The van der Waals surface area contributed by atoms with Crippen molar-refractivity contribution < 1.29 is 22.7 Å². The first-order chi connectivity index (χ1) is 12.8. The van der Waals surface area contributed by atoms with Gasteiger partial charge in [0.15, 0.2) is 0 Å². The topological polar surface area (TPSA) is 92.8 Å². The first kappa shape index (κ1) is 20.4. The molecule has 1 amide bonds. The second-order valence-corrected chi connectivity index (χ2v) is 7.82. The smallest absolute Gasteiger partial charge is 0.337 e. The highest BCUT2D eigenvalue weighted by Gasteiger charge is 2.19. The summed E-state index contributed by atoms with van der Waals surface area (Å²) in [6.07, 6.45) is 0. The van der Waals surface area contributed by atoms with Crippen LogP contribution in [0.3, 0.4) is 0 Å². The molecule has 0 aliphatic rings. The molecule has 27 heavy (non-hydrogen) atoms. The van der Waals surface area contributed by atoms with Gasteiger partial charge in [-0.3, -0.25) is 9.10 Å². The molecule has 0 fully saturated rings. The summed E-state index contributed by atoms with van der Waals surface area (Å²) >= 11 is 0. The van der Waals surface area contributed by atoms with Crippen molar-refractivity contribution in [3.8, 4) is 0 Å². The number of hydrogen-bond donors (Lipinski definition) is 1. The van der Waals surface area contributed by atoms with Gasteiger partial charge in [-0.05, 0) is 56.3 Å². The molecular formula is C19H22N2O5S. The molecule has 0 saturated carbocycles. The Kier molecular flexibility index (Phi) is 6.57. The quantitative estimate of drug-likeness (QED) is 0.734. The Morgan fingerprint density at radius 3 is 2.26 bits per heavy atom. The van der Waals surface area contributed by atoms with Crippen LogP contribution in [0.25, 0.3) is 0 Å². The van der Waals surface area contributed by atoms with E-state index in [1.54, 1.807) is 56.3 Å². The third kappa shape index (κ3) is 4.85. The monoisotopic (exact) mass is 390 g/mol. The number of carbonyl (C=O) groups is 2. The number of nitrogens with zero attached hydrogens (tertiary/aromatic N) is 1. The van der Waals surface area contributed by atoms with Crippen molar-refractivity contribution in [2.75, 3.05) is 29.0 Å². The van der Waals surface area contributed by atoms with E-state index in [1.165, 1.54) is 17.5 Å². The zero-order chi connectivity index (χ0) is 20.0. The largest absolute Gasteiger partial charge is 0.465 e. The summed E-state index contributed by atoms with van der Waals surface area (Å²) in [4.78, 5) is 24.0. The van der Waals surface area contributed by atoms with Crippen LogP contribution in [0.1, 0.15) is 34.6 Å². The second-order valence-electron chi connectivity index (χ2n) is 5.64. The van der Waals surface area contributed by atoms with E-state index in [4.69, 9.17) is 0 Å². The number of ether oxygens (including phenoxy) is 1. The standard InChI is InChI=1S/C19H22N2O5S/c1-4-21(27(24,25)5-2)17-11-9-14(10-12-17)18(22)20-16-8-6-7-15(13-16)19(23)26-3/h6-13H,4-5H2,1-3H3,(H,20,22). The number of amides is 1. The number of rotatable bonds is 7. The van der Waals surface area contributed by atoms with E-state index in [9.17, 15) is 18.0 Å². The van der Waals surface area contributed by atoms with E-state index in [0.29, 0.717) is 29.0 Å². The average molecular weight is 390 g/mol. The Hall–Kier alpha value is -2.87. The molecule has 0 bridgehead atoms. The second kappa shape index (κ2) is 8.68. The fourth-order valence-electron chi connectivity index (χ4n) is 2.52. The fraction of sp³-hybridized carbons (Fsp3) is 0.263. The number of anilines is 2. The van der Waals surface area contributed by atoms with E-state index >= 15 is 0 Å². The minimum atomic E-state index is -3.37. The molecule has 0 aromatic heterocycles. The summed E-state index contributed by atoms with van der Waals surface area (Å²) in [5.74, 6) is -0.864. The molecule has 1 N–H and O–H groups in total. The summed E-state index contributed by atoms with van der Waals surface area (Å²) < 4.78 is 30.2. The van der Waals surface area contributed by atoms with Gasteiger partial charge >= 0.3 is 5.97 Å². The van der Waals surface area contributed by atoms with Crippen molar-refractivity contribution >= 4 is 33.3 Å². The molecule has 2 aromatic carbocycles. The predicted molar refractivity (Wildman–Crippen MR) is 105 cm³/mol. The number of hydrogen-bond acceptors (Lipinski definition) is 5. The molecule has 8 heteroatoms. The minimum absolute atomic E-state index is 0.000384. The summed E-state index contributed by atoms with van der Waals surface area (Å²) in [5.41, 5.74) is 1.65. The number of benzene rings is 2. The maximum atomic E-state index is 12.4. The molecule has 0 aliphatic heterocycles. The lowest BCUT2D eigenvalue weighted by atomic mass is 10.1. The van der Waals surface area contributed by atoms with Gasteiger partial charge in [-0.25, -0.2) is 13.2 Å². The summed E-state index contributed by atoms with van der Waals surface area (Å²) in [6, 6.07) is 12.7. The number of carbonyl (C=O) groups excluding carboxylic acids is 2. The highest BCUT2D eigenvalue weighted by molar-refractivity contribution is 7.92. The van der Waals surface area contributed by atoms with Gasteiger partial charge in [0.2, 0.25) is 10.0 Å². The molecule has 7 nitrogen and oxygen atoms in total.